The van der Waals surface area contributed by atoms with Crippen molar-refractivity contribution in [1.82, 2.24) is 4.90 Å². The zero-order chi connectivity index (χ0) is 19.4. The van der Waals surface area contributed by atoms with Gasteiger partial charge in [-0.15, -0.1) is 11.8 Å². The molecule has 0 radical (unpaired) electrons. The Morgan fingerprint density at radius 1 is 1.37 bits per heavy atom. The lowest BCUT2D eigenvalue weighted by Crippen LogP contribution is -2.38. The quantitative estimate of drug-likeness (QED) is 0.548. The van der Waals surface area contributed by atoms with Crippen LogP contribution >= 0.6 is 23.4 Å². The van der Waals surface area contributed by atoms with E-state index in [1.807, 2.05) is 30.5 Å². The molecule has 2 aromatic carbocycles. The number of nitrogens with zero attached hydrogens (tertiary/aromatic N) is 1. The number of piperidine rings is 1. The van der Waals surface area contributed by atoms with Crippen molar-refractivity contribution >= 4 is 29.1 Å². The number of methoxy groups -OCH3 is 1. The fourth-order valence-electron chi connectivity index (χ4n) is 3.61. The fraction of sp³-hybridized carbons (Fsp3) is 0.381. The highest BCUT2D eigenvalue weighted by Gasteiger charge is 2.28. The first-order valence-corrected chi connectivity index (χ1v) is 10.6. The first kappa shape index (κ1) is 20.1. The number of phenolic OH excluding ortho intramolecular Hbond substituents is 1. The highest BCUT2D eigenvalue weighted by molar-refractivity contribution is 7.98. The van der Waals surface area contributed by atoms with Gasteiger partial charge in [0.15, 0.2) is 17.3 Å². The predicted molar refractivity (Wildman–Crippen MR) is 110 cm³/mol. The number of carbonyl (C=O) groups is 1. The Kier molecular flexibility index (Phi) is 6.68. The molecular formula is C21H24ClNO3S. The van der Waals surface area contributed by atoms with E-state index in [0.29, 0.717) is 12.3 Å². The van der Waals surface area contributed by atoms with Gasteiger partial charge in [0.25, 0.3) is 0 Å². The second-order valence-corrected chi connectivity index (χ2v) is 8.02. The molecule has 0 aliphatic carbocycles. The number of benzene rings is 2. The molecule has 0 amide bonds. The van der Waals surface area contributed by atoms with Crippen LogP contribution in [-0.4, -0.2) is 42.2 Å². The van der Waals surface area contributed by atoms with Crippen molar-refractivity contribution in [3.05, 3.63) is 52.5 Å². The zero-order valence-electron chi connectivity index (χ0n) is 15.6. The Labute approximate surface area is 169 Å². The molecule has 1 aliphatic heterocycles. The van der Waals surface area contributed by atoms with Crippen molar-refractivity contribution in [3.8, 4) is 11.5 Å². The molecule has 1 heterocycles. The van der Waals surface area contributed by atoms with E-state index in [1.165, 1.54) is 7.11 Å². The summed E-state index contributed by atoms with van der Waals surface area (Å²) in [6.07, 6.45) is 3.90. The lowest BCUT2D eigenvalue weighted by molar-refractivity contribution is 0.0808. The van der Waals surface area contributed by atoms with Gasteiger partial charge in [0.05, 0.1) is 12.1 Å². The summed E-state index contributed by atoms with van der Waals surface area (Å²) in [5, 5.41) is 10.2. The fourth-order valence-corrected chi connectivity index (χ4v) is 4.45. The first-order chi connectivity index (χ1) is 13.0. The third-order valence-electron chi connectivity index (χ3n) is 4.96. The van der Waals surface area contributed by atoms with Crippen molar-refractivity contribution in [2.75, 3.05) is 26.5 Å². The molecule has 1 saturated heterocycles. The van der Waals surface area contributed by atoms with Crippen molar-refractivity contribution < 1.29 is 14.6 Å². The number of rotatable bonds is 6. The average molecular weight is 406 g/mol. The molecular weight excluding hydrogens is 382 g/mol. The van der Waals surface area contributed by atoms with Gasteiger partial charge in [-0.05, 0) is 49.4 Å². The van der Waals surface area contributed by atoms with Crippen LogP contribution in [0.3, 0.4) is 0 Å². The van der Waals surface area contributed by atoms with E-state index in [4.69, 9.17) is 16.3 Å². The monoisotopic (exact) mass is 405 g/mol. The number of hydrogen-bond donors (Lipinski definition) is 1. The number of carbonyl (C=O) groups excluding carboxylic acids is 1. The lowest BCUT2D eigenvalue weighted by atomic mass is 9.89. The number of halogens is 1. The number of phenols is 1. The Bertz CT molecular complexity index is 827. The first-order valence-electron chi connectivity index (χ1n) is 8.98. The van der Waals surface area contributed by atoms with E-state index in [9.17, 15) is 9.90 Å². The number of hydrogen-bond acceptors (Lipinski definition) is 5. The van der Waals surface area contributed by atoms with E-state index >= 15 is 0 Å². The molecule has 0 saturated carbocycles. The van der Waals surface area contributed by atoms with Gasteiger partial charge in [-0.2, -0.15) is 0 Å². The molecule has 4 nitrogen and oxygen atoms in total. The third kappa shape index (κ3) is 4.60. The molecule has 6 heteroatoms. The van der Waals surface area contributed by atoms with Crippen LogP contribution in [0.4, 0.5) is 0 Å². The summed E-state index contributed by atoms with van der Waals surface area (Å²) in [7, 11) is 1.51. The number of aromatic hydroxyl groups is 1. The van der Waals surface area contributed by atoms with Crippen LogP contribution in [0.5, 0.6) is 11.5 Å². The minimum absolute atomic E-state index is 0.00142. The summed E-state index contributed by atoms with van der Waals surface area (Å²) < 4.78 is 5.19. The highest BCUT2D eigenvalue weighted by atomic mass is 35.5. The molecule has 27 heavy (non-hydrogen) atoms. The topological polar surface area (TPSA) is 49.8 Å². The number of Topliss-reactive ketones (excluding diaryl/α,β-unsaturated/α-hetero) is 1. The second-order valence-electron chi connectivity index (χ2n) is 6.77. The van der Waals surface area contributed by atoms with Crippen LogP contribution < -0.4 is 4.74 Å². The van der Waals surface area contributed by atoms with Crippen molar-refractivity contribution in [2.45, 2.75) is 24.3 Å². The van der Waals surface area contributed by atoms with Gasteiger partial charge in [-0.25, -0.2) is 0 Å². The molecule has 3 rings (SSSR count). The van der Waals surface area contributed by atoms with Gasteiger partial charge in [0.1, 0.15) is 0 Å². The van der Waals surface area contributed by atoms with E-state index in [-0.39, 0.29) is 22.5 Å². The Morgan fingerprint density at radius 3 is 2.89 bits per heavy atom. The van der Waals surface area contributed by atoms with E-state index < -0.39 is 0 Å². The van der Waals surface area contributed by atoms with E-state index in [0.717, 1.165) is 42.0 Å². The molecule has 0 bridgehead atoms. The van der Waals surface area contributed by atoms with Crippen molar-refractivity contribution in [3.63, 3.8) is 0 Å². The van der Waals surface area contributed by atoms with E-state index in [1.54, 1.807) is 23.9 Å². The summed E-state index contributed by atoms with van der Waals surface area (Å²) >= 11 is 7.71. The zero-order valence-corrected chi connectivity index (χ0v) is 17.1. The molecule has 1 atom stereocenters. The molecule has 144 valence electrons. The van der Waals surface area contributed by atoms with Crippen LogP contribution in [0.15, 0.2) is 41.3 Å². The SMILES string of the molecule is COc1cc(CN2CCCC(C(=O)c3ccccc3SC)C2)cc(Cl)c1O. The minimum Gasteiger partial charge on any atom is -0.503 e. The van der Waals surface area contributed by atoms with Gasteiger partial charge in [-0.3, -0.25) is 9.69 Å². The number of thioether (sulfide) groups is 1. The Morgan fingerprint density at radius 2 is 2.15 bits per heavy atom. The normalized spacial score (nSPS) is 17.7. The smallest absolute Gasteiger partial charge is 0.176 e. The van der Waals surface area contributed by atoms with Gasteiger partial charge in [-0.1, -0.05) is 29.8 Å². The summed E-state index contributed by atoms with van der Waals surface area (Å²) in [4.78, 5) is 16.4. The van der Waals surface area contributed by atoms with Gasteiger partial charge < -0.3 is 9.84 Å². The molecule has 2 aromatic rings. The summed E-state index contributed by atoms with van der Waals surface area (Å²) in [5.74, 6) is 0.562. The largest absolute Gasteiger partial charge is 0.503 e. The molecule has 1 fully saturated rings. The predicted octanol–water partition coefficient (Wildman–Crippen LogP) is 4.87. The Hall–Kier alpha value is -1.69. The number of ketones is 1. The molecule has 1 aliphatic rings. The number of ether oxygens (including phenoxy) is 1. The molecule has 1 unspecified atom stereocenters. The maximum absolute atomic E-state index is 13.1. The standard InChI is InChI=1S/C21H24ClNO3S/c1-26-18-11-14(10-17(22)21(18)25)12-23-9-5-6-15(13-23)20(24)16-7-3-4-8-19(16)27-2/h3-4,7-8,10-11,15,25H,5-6,9,12-13H2,1-2H3. The van der Waals surface area contributed by atoms with Crippen LogP contribution in [0.1, 0.15) is 28.8 Å². The van der Waals surface area contributed by atoms with Gasteiger partial charge in [0, 0.05) is 29.5 Å². The van der Waals surface area contributed by atoms with Crippen LogP contribution in [0, 0.1) is 5.92 Å². The van der Waals surface area contributed by atoms with Crippen molar-refractivity contribution in [1.29, 1.82) is 0 Å². The summed E-state index contributed by atoms with van der Waals surface area (Å²) in [6, 6.07) is 11.4. The lowest BCUT2D eigenvalue weighted by Gasteiger charge is -2.32. The van der Waals surface area contributed by atoms with Crippen LogP contribution in [-0.2, 0) is 6.54 Å². The molecule has 1 N–H and O–H groups in total. The van der Waals surface area contributed by atoms with Gasteiger partial charge >= 0.3 is 0 Å². The maximum atomic E-state index is 13.1. The average Bonchev–Trinajstić information content (AvgIpc) is 2.70. The number of likely N-dealkylation sites (tertiary alicyclic amines) is 1. The summed E-state index contributed by atoms with van der Waals surface area (Å²) in [5.41, 5.74) is 1.79. The minimum atomic E-state index is -0.0386. The molecule has 0 aromatic heterocycles. The third-order valence-corrected chi connectivity index (χ3v) is 6.05. The summed E-state index contributed by atoms with van der Waals surface area (Å²) in [6.45, 7) is 2.33. The van der Waals surface area contributed by atoms with E-state index in [2.05, 4.69) is 4.90 Å². The van der Waals surface area contributed by atoms with Crippen molar-refractivity contribution in [2.24, 2.45) is 5.92 Å². The van der Waals surface area contributed by atoms with Gasteiger partial charge in [0.2, 0.25) is 0 Å². The Balaban J connectivity index is 1.73. The second kappa shape index (κ2) is 9.00. The maximum Gasteiger partial charge on any atom is 0.176 e. The molecule has 0 spiro atoms. The highest BCUT2D eigenvalue weighted by Crippen LogP contribution is 2.35. The van der Waals surface area contributed by atoms with Crippen LogP contribution in [0.25, 0.3) is 0 Å². The van der Waals surface area contributed by atoms with Crippen LogP contribution in [0.2, 0.25) is 5.02 Å².